The lowest BCUT2D eigenvalue weighted by Crippen LogP contribution is -2.35. The third-order valence-electron chi connectivity index (χ3n) is 2.96. The summed E-state index contributed by atoms with van der Waals surface area (Å²) in [5, 5.41) is 65.0. The maximum Gasteiger partial charge on any atom is 0.126 e. The topological polar surface area (TPSA) is 167 Å². The van der Waals surface area contributed by atoms with Crippen LogP contribution in [0.2, 0.25) is 0 Å². The van der Waals surface area contributed by atoms with Gasteiger partial charge in [-0.05, 0) is 0 Å². The molecule has 9 nitrogen and oxygen atoms in total. The van der Waals surface area contributed by atoms with E-state index in [1.807, 2.05) is 0 Å². The minimum Gasteiger partial charge on any atom is -0.394 e. The molecule has 1 rings (SSSR count). The van der Waals surface area contributed by atoms with Crippen molar-refractivity contribution >= 4 is 0 Å². The van der Waals surface area contributed by atoms with E-state index < -0.39 is 43.7 Å². The standard InChI is InChI=1S/C12H20N2O7/c15-4-9(18)8(17)1-6-2-13-3-7(14-6)11(20)12(21)10(19)5-16/h2-3,8-12,15-21H,1,4-5H2/t8-,9+,10+,11-,12+/m1/s1. The highest BCUT2D eigenvalue weighted by Crippen LogP contribution is 2.17. The van der Waals surface area contributed by atoms with Crippen molar-refractivity contribution in [2.45, 2.75) is 36.9 Å². The van der Waals surface area contributed by atoms with Crippen molar-refractivity contribution < 1.29 is 35.7 Å². The number of hydrogen-bond acceptors (Lipinski definition) is 9. The molecule has 0 aromatic carbocycles. The summed E-state index contributed by atoms with van der Waals surface area (Å²) in [5.41, 5.74) is 0.162. The van der Waals surface area contributed by atoms with Gasteiger partial charge < -0.3 is 35.7 Å². The van der Waals surface area contributed by atoms with Gasteiger partial charge in [-0.25, -0.2) is 0 Å². The van der Waals surface area contributed by atoms with Crippen LogP contribution in [0, 0.1) is 0 Å². The minimum absolute atomic E-state index is 0.0572. The number of rotatable bonds is 8. The summed E-state index contributed by atoms with van der Waals surface area (Å²) in [5.74, 6) is 0. The first-order valence-electron chi connectivity index (χ1n) is 6.33. The number of aliphatic hydroxyl groups excluding tert-OH is 7. The van der Waals surface area contributed by atoms with E-state index >= 15 is 0 Å². The molecular formula is C12H20N2O7. The third kappa shape index (κ3) is 4.93. The van der Waals surface area contributed by atoms with Gasteiger partial charge in [0.2, 0.25) is 0 Å². The van der Waals surface area contributed by atoms with Crippen LogP contribution < -0.4 is 0 Å². The zero-order chi connectivity index (χ0) is 16.0. The Labute approximate surface area is 120 Å². The van der Waals surface area contributed by atoms with E-state index in [0.717, 1.165) is 6.20 Å². The van der Waals surface area contributed by atoms with Gasteiger partial charge in [0.15, 0.2) is 0 Å². The van der Waals surface area contributed by atoms with Crippen LogP contribution in [0.25, 0.3) is 0 Å². The van der Waals surface area contributed by atoms with Gasteiger partial charge in [0.25, 0.3) is 0 Å². The van der Waals surface area contributed by atoms with Crippen LogP contribution in [0.3, 0.4) is 0 Å². The van der Waals surface area contributed by atoms with Gasteiger partial charge in [-0.15, -0.1) is 0 Å². The Morgan fingerprint density at radius 3 is 2.05 bits per heavy atom. The van der Waals surface area contributed by atoms with E-state index in [0.29, 0.717) is 0 Å². The lowest BCUT2D eigenvalue weighted by Gasteiger charge is -2.21. The van der Waals surface area contributed by atoms with E-state index in [-0.39, 0.29) is 17.8 Å². The van der Waals surface area contributed by atoms with Gasteiger partial charge in [-0.3, -0.25) is 9.97 Å². The van der Waals surface area contributed by atoms with Crippen molar-refractivity contribution in [3.8, 4) is 0 Å². The summed E-state index contributed by atoms with van der Waals surface area (Å²) in [6, 6.07) is 0. The molecule has 120 valence electrons. The highest BCUT2D eigenvalue weighted by molar-refractivity contribution is 5.09. The van der Waals surface area contributed by atoms with Crippen molar-refractivity contribution in [3.63, 3.8) is 0 Å². The molecule has 5 atom stereocenters. The summed E-state index contributed by atoms with van der Waals surface area (Å²) in [7, 11) is 0. The van der Waals surface area contributed by atoms with Gasteiger partial charge in [0, 0.05) is 12.6 Å². The molecule has 0 aliphatic carbocycles. The summed E-state index contributed by atoms with van der Waals surface area (Å²) < 4.78 is 0. The fourth-order valence-corrected chi connectivity index (χ4v) is 1.63. The Bertz CT molecular complexity index is 434. The summed E-state index contributed by atoms with van der Waals surface area (Å²) in [4.78, 5) is 7.73. The molecule has 0 unspecified atom stereocenters. The fourth-order valence-electron chi connectivity index (χ4n) is 1.63. The molecule has 0 fully saturated rings. The summed E-state index contributed by atoms with van der Waals surface area (Å²) in [6.07, 6.45) is -5.01. The SMILES string of the molecule is OC[C@H](O)[C@H](O)[C@H](O)c1cncc(C[C@@H](O)[C@@H](O)CO)n1. The van der Waals surface area contributed by atoms with Crippen molar-refractivity contribution in [2.24, 2.45) is 0 Å². The Balaban J connectivity index is 2.80. The predicted molar refractivity (Wildman–Crippen MR) is 68.9 cm³/mol. The summed E-state index contributed by atoms with van der Waals surface area (Å²) in [6.45, 7) is -1.34. The molecule has 0 amide bonds. The maximum absolute atomic E-state index is 9.83. The molecule has 0 aliphatic heterocycles. The van der Waals surface area contributed by atoms with Gasteiger partial charge in [0.05, 0.1) is 36.9 Å². The van der Waals surface area contributed by atoms with E-state index in [9.17, 15) is 25.5 Å². The second-order valence-corrected chi connectivity index (χ2v) is 4.64. The minimum atomic E-state index is -1.65. The van der Waals surface area contributed by atoms with Crippen molar-refractivity contribution in [2.75, 3.05) is 13.2 Å². The first kappa shape index (κ1) is 17.9. The molecule has 0 radical (unpaired) electrons. The van der Waals surface area contributed by atoms with Gasteiger partial charge >= 0.3 is 0 Å². The molecule has 7 N–H and O–H groups in total. The van der Waals surface area contributed by atoms with E-state index in [1.54, 1.807) is 0 Å². The van der Waals surface area contributed by atoms with Crippen molar-refractivity contribution in [1.29, 1.82) is 0 Å². The van der Waals surface area contributed by atoms with Crippen molar-refractivity contribution in [1.82, 2.24) is 9.97 Å². The van der Waals surface area contributed by atoms with Gasteiger partial charge in [-0.1, -0.05) is 0 Å². The molecule has 0 saturated carbocycles. The van der Waals surface area contributed by atoms with Crippen LogP contribution in [-0.4, -0.2) is 83.3 Å². The Kier molecular flexibility index (Phi) is 7.05. The predicted octanol–water partition coefficient (Wildman–Crippen LogP) is -3.52. The molecule has 0 saturated heterocycles. The van der Waals surface area contributed by atoms with Crippen LogP contribution in [-0.2, 0) is 6.42 Å². The molecular weight excluding hydrogens is 284 g/mol. The van der Waals surface area contributed by atoms with E-state index in [1.165, 1.54) is 6.20 Å². The van der Waals surface area contributed by atoms with Crippen molar-refractivity contribution in [3.05, 3.63) is 23.8 Å². The van der Waals surface area contributed by atoms with Crippen LogP contribution in [0.15, 0.2) is 12.4 Å². The smallest absolute Gasteiger partial charge is 0.126 e. The monoisotopic (exact) mass is 304 g/mol. The molecule has 9 heteroatoms. The molecule has 0 bridgehead atoms. The normalized spacial score (nSPS) is 18.8. The van der Waals surface area contributed by atoms with Gasteiger partial charge in [-0.2, -0.15) is 0 Å². The Morgan fingerprint density at radius 1 is 0.857 bits per heavy atom. The number of aromatic nitrogens is 2. The molecule has 21 heavy (non-hydrogen) atoms. The average molecular weight is 304 g/mol. The molecule has 1 aromatic rings. The van der Waals surface area contributed by atoms with Gasteiger partial charge in [0.1, 0.15) is 24.4 Å². The quantitative estimate of drug-likeness (QED) is 0.257. The highest BCUT2D eigenvalue weighted by atomic mass is 16.4. The van der Waals surface area contributed by atoms with Crippen LogP contribution in [0.4, 0.5) is 0 Å². The fraction of sp³-hybridized carbons (Fsp3) is 0.667. The number of hydrogen-bond donors (Lipinski definition) is 7. The second kappa shape index (κ2) is 8.29. The summed E-state index contributed by atoms with van der Waals surface area (Å²) >= 11 is 0. The highest BCUT2D eigenvalue weighted by Gasteiger charge is 2.27. The lowest BCUT2D eigenvalue weighted by molar-refractivity contribution is -0.0791. The Hall–Kier alpha value is -1.20. The largest absolute Gasteiger partial charge is 0.394 e. The van der Waals surface area contributed by atoms with E-state index in [2.05, 4.69) is 9.97 Å². The third-order valence-corrected chi connectivity index (χ3v) is 2.96. The molecule has 0 aliphatic rings. The lowest BCUT2D eigenvalue weighted by atomic mass is 10.1. The molecule has 0 spiro atoms. The zero-order valence-electron chi connectivity index (χ0n) is 11.2. The number of aliphatic hydroxyl groups is 7. The second-order valence-electron chi connectivity index (χ2n) is 4.64. The van der Waals surface area contributed by atoms with Crippen LogP contribution in [0.5, 0.6) is 0 Å². The zero-order valence-corrected chi connectivity index (χ0v) is 11.2. The van der Waals surface area contributed by atoms with Crippen LogP contribution in [0.1, 0.15) is 17.5 Å². The molecule has 1 aromatic heterocycles. The maximum atomic E-state index is 9.83. The average Bonchev–Trinajstić information content (AvgIpc) is 2.51. The number of nitrogens with zero attached hydrogens (tertiary/aromatic N) is 2. The molecule has 1 heterocycles. The van der Waals surface area contributed by atoms with E-state index in [4.69, 9.17) is 10.2 Å². The first-order valence-corrected chi connectivity index (χ1v) is 6.33. The Morgan fingerprint density at radius 2 is 1.48 bits per heavy atom. The van der Waals surface area contributed by atoms with Crippen LogP contribution >= 0.6 is 0 Å². The first-order chi connectivity index (χ1) is 9.90.